The Morgan fingerprint density at radius 1 is 1.05 bits per heavy atom. The lowest BCUT2D eigenvalue weighted by Gasteiger charge is -2.38. The van der Waals surface area contributed by atoms with Crippen LogP contribution in [0.2, 0.25) is 0 Å². The molecule has 3 fully saturated rings. The van der Waals surface area contributed by atoms with E-state index in [-0.39, 0.29) is 49.2 Å². The van der Waals surface area contributed by atoms with Gasteiger partial charge in [0.05, 0.1) is 31.3 Å². The van der Waals surface area contributed by atoms with Crippen molar-refractivity contribution in [1.82, 2.24) is 24.1 Å². The Morgan fingerprint density at radius 2 is 1.76 bits per heavy atom. The van der Waals surface area contributed by atoms with Gasteiger partial charge in [0.1, 0.15) is 5.60 Å². The third-order valence-electron chi connectivity index (χ3n) is 6.79. The minimum atomic E-state index is -3.47. The fourth-order valence-electron chi connectivity index (χ4n) is 4.80. The zero-order valence-electron chi connectivity index (χ0n) is 22.1. The molecule has 3 aliphatic rings. The fourth-order valence-corrected chi connectivity index (χ4v) is 6.49. The van der Waals surface area contributed by atoms with Crippen LogP contribution < -0.4 is 9.64 Å². The molecule has 3 saturated heterocycles. The number of piperidine rings is 1. The van der Waals surface area contributed by atoms with Gasteiger partial charge in [-0.3, -0.25) is 9.69 Å². The Balaban J connectivity index is 1.21. The first-order chi connectivity index (χ1) is 17.4. The summed E-state index contributed by atoms with van der Waals surface area (Å²) in [5.41, 5.74) is -0.509. The van der Waals surface area contributed by atoms with E-state index in [0.29, 0.717) is 31.4 Å². The average Bonchev–Trinajstić information content (AvgIpc) is 2.81. The number of carbonyl (C=O) groups is 2. The largest absolute Gasteiger partial charge is 0.476 e. The van der Waals surface area contributed by atoms with Crippen LogP contribution in [0.15, 0.2) is 12.4 Å². The molecule has 0 N–H and O–H groups in total. The molecule has 1 aromatic rings. The molecule has 0 radical (unpaired) electrons. The maximum absolute atomic E-state index is 12.7. The first-order valence-electron chi connectivity index (χ1n) is 12.8. The zero-order chi connectivity index (χ0) is 26.8. The van der Waals surface area contributed by atoms with Crippen molar-refractivity contribution in [3.8, 4) is 5.88 Å². The van der Waals surface area contributed by atoms with E-state index in [9.17, 15) is 18.0 Å². The summed E-state index contributed by atoms with van der Waals surface area (Å²) in [6.07, 6.45) is 4.29. The smallest absolute Gasteiger partial charge is 0.410 e. The van der Waals surface area contributed by atoms with E-state index < -0.39 is 15.6 Å². The van der Waals surface area contributed by atoms with Gasteiger partial charge < -0.3 is 19.3 Å². The molecule has 4 heterocycles. The van der Waals surface area contributed by atoms with Gasteiger partial charge in [0.2, 0.25) is 21.8 Å². The molecule has 3 aliphatic heterocycles. The second-order valence-corrected chi connectivity index (χ2v) is 13.2. The molecule has 206 valence electrons. The molecule has 0 bridgehead atoms. The van der Waals surface area contributed by atoms with Crippen molar-refractivity contribution < 1.29 is 27.5 Å². The molecule has 0 aliphatic carbocycles. The molecule has 37 heavy (non-hydrogen) atoms. The predicted molar refractivity (Wildman–Crippen MR) is 137 cm³/mol. The highest BCUT2D eigenvalue weighted by Crippen LogP contribution is 2.23. The maximum atomic E-state index is 12.7. The van der Waals surface area contributed by atoms with E-state index in [1.807, 2.05) is 27.8 Å². The summed E-state index contributed by atoms with van der Waals surface area (Å²) in [6, 6.07) is 0. The lowest BCUT2D eigenvalue weighted by molar-refractivity contribution is -0.120. The van der Waals surface area contributed by atoms with Crippen LogP contribution in [0.25, 0.3) is 0 Å². The van der Waals surface area contributed by atoms with E-state index in [1.165, 1.54) is 21.6 Å². The number of amides is 2. The number of sulfonamides is 1. The molecule has 4 rings (SSSR count). The fraction of sp³-hybridized carbons (Fsp3) is 0.750. The Bertz CT molecular complexity index is 1060. The molecular weight excluding hydrogens is 500 g/mol. The van der Waals surface area contributed by atoms with Gasteiger partial charge >= 0.3 is 6.09 Å². The number of hydrogen-bond acceptors (Lipinski definition) is 9. The second kappa shape index (κ2) is 11.1. The van der Waals surface area contributed by atoms with Crippen molar-refractivity contribution in [3.05, 3.63) is 12.4 Å². The SMILES string of the molecule is CN1CC(CS(=O)(=O)N2CCN(c3cnc(OCC4CCN(C(=O)OC(C)(C)C)CC4)cn3)C(=O)C2)C1. The van der Waals surface area contributed by atoms with Crippen LogP contribution in [0.5, 0.6) is 5.88 Å². The maximum Gasteiger partial charge on any atom is 0.410 e. The third-order valence-corrected chi connectivity index (χ3v) is 8.78. The van der Waals surface area contributed by atoms with Gasteiger partial charge in [0, 0.05) is 39.3 Å². The van der Waals surface area contributed by atoms with Crippen molar-refractivity contribution in [3.63, 3.8) is 0 Å². The number of piperazine rings is 1. The molecule has 0 aromatic carbocycles. The van der Waals surface area contributed by atoms with Gasteiger partial charge in [-0.2, -0.15) is 4.31 Å². The van der Waals surface area contributed by atoms with E-state index in [1.54, 1.807) is 4.90 Å². The van der Waals surface area contributed by atoms with E-state index in [4.69, 9.17) is 9.47 Å². The summed E-state index contributed by atoms with van der Waals surface area (Å²) in [4.78, 5) is 38.8. The highest BCUT2D eigenvalue weighted by Gasteiger charge is 2.36. The number of aromatic nitrogens is 2. The standard InChI is InChI=1S/C24H38N6O6S/c1-24(2,3)36-23(32)28-7-5-18(6-8-28)16-35-21-12-25-20(11-26-21)30-10-9-29(15-22(30)31)37(33,34)17-19-13-27(4)14-19/h11-12,18-19H,5-10,13-17H2,1-4H3. The number of ether oxygens (including phenoxy) is 2. The number of hydrogen-bond donors (Lipinski definition) is 0. The molecule has 1 aromatic heterocycles. The Labute approximate surface area is 219 Å². The van der Waals surface area contributed by atoms with Crippen LogP contribution in [0.3, 0.4) is 0 Å². The number of anilines is 1. The predicted octanol–water partition coefficient (Wildman–Crippen LogP) is 1.04. The summed E-state index contributed by atoms with van der Waals surface area (Å²) in [7, 11) is -1.51. The second-order valence-electron chi connectivity index (χ2n) is 11.2. The van der Waals surface area contributed by atoms with Gasteiger partial charge in [0.25, 0.3) is 0 Å². The van der Waals surface area contributed by atoms with Crippen molar-refractivity contribution in [2.75, 3.05) is 70.1 Å². The molecule has 0 unspecified atom stereocenters. The van der Waals surface area contributed by atoms with Crippen LogP contribution in [-0.4, -0.2) is 115 Å². The lowest BCUT2D eigenvalue weighted by Crippen LogP contribution is -2.55. The highest BCUT2D eigenvalue weighted by molar-refractivity contribution is 7.89. The van der Waals surface area contributed by atoms with Crippen LogP contribution in [0.1, 0.15) is 33.6 Å². The zero-order valence-corrected chi connectivity index (χ0v) is 22.9. The van der Waals surface area contributed by atoms with Crippen molar-refractivity contribution >= 4 is 27.8 Å². The molecule has 13 heteroatoms. The lowest BCUT2D eigenvalue weighted by atomic mass is 9.98. The minimum absolute atomic E-state index is 0.0799. The van der Waals surface area contributed by atoms with Crippen LogP contribution in [-0.2, 0) is 19.6 Å². The summed E-state index contributed by atoms with van der Waals surface area (Å²) in [5, 5.41) is 0. The van der Waals surface area contributed by atoms with E-state index in [0.717, 1.165) is 25.9 Å². The summed E-state index contributed by atoms with van der Waals surface area (Å²) >= 11 is 0. The van der Waals surface area contributed by atoms with E-state index in [2.05, 4.69) is 14.9 Å². The van der Waals surface area contributed by atoms with Gasteiger partial charge in [-0.1, -0.05) is 0 Å². The van der Waals surface area contributed by atoms with Crippen LogP contribution in [0.4, 0.5) is 10.6 Å². The average molecular weight is 539 g/mol. The van der Waals surface area contributed by atoms with Crippen LogP contribution >= 0.6 is 0 Å². The van der Waals surface area contributed by atoms with Gasteiger partial charge in [0.15, 0.2) is 5.82 Å². The summed E-state index contributed by atoms with van der Waals surface area (Å²) in [5.74, 6) is 0.908. The molecule has 0 spiro atoms. The van der Waals surface area contributed by atoms with Crippen molar-refractivity contribution in [2.45, 2.75) is 39.2 Å². The monoisotopic (exact) mass is 538 g/mol. The number of rotatable bonds is 7. The quantitative estimate of drug-likeness (QED) is 0.501. The number of nitrogens with zero attached hydrogens (tertiary/aromatic N) is 6. The Morgan fingerprint density at radius 3 is 2.32 bits per heavy atom. The first kappa shape index (κ1) is 27.5. The van der Waals surface area contributed by atoms with Gasteiger partial charge in [-0.05, 0) is 52.5 Å². The van der Waals surface area contributed by atoms with Gasteiger partial charge in [-0.25, -0.2) is 23.2 Å². The van der Waals surface area contributed by atoms with Gasteiger partial charge in [-0.15, -0.1) is 0 Å². The molecule has 0 saturated carbocycles. The number of likely N-dealkylation sites (tertiary alicyclic amines) is 2. The molecule has 12 nitrogen and oxygen atoms in total. The summed E-state index contributed by atoms with van der Waals surface area (Å²) < 4.78 is 37.9. The first-order valence-corrected chi connectivity index (χ1v) is 14.4. The highest BCUT2D eigenvalue weighted by atomic mass is 32.2. The minimum Gasteiger partial charge on any atom is -0.476 e. The van der Waals surface area contributed by atoms with Crippen LogP contribution in [0, 0.1) is 11.8 Å². The molecule has 0 atom stereocenters. The Hall–Kier alpha value is -2.51. The Kier molecular flexibility index (Phi) is 8.24. The van der Waals surface area contributed by atoms with Crippen molar-refractivity contribution in [1.29, 1.82) is 0 Å². The molecule has 2 amide bonds. The topological polar surface area (TPSA) is 125 Å². The molecular formula is C24H38N6O6S. The van der Waals surface area contributed by atoms with E-state index >= 15 is 0 Å². The van der Waals surface area contributed by atoms with Crippen molar-refractivity contribution in [2.24, 2.45) is 11.8 Å². The summed E-state index contributed by atoms with van der Waals surface area (Å²) in [6.45, 7) is 9.08. The third kappa shape index (κ3) is 7.29. The number of carbonyl (C=O) groups excluding carboxylic acids is 2. The normalized spacial score (nSPS) is 21.1.